The van der Waals surface area contributed by atoms with E-state index in [0.29, 0.717) is 59.5 Å². The molecule has 1 aliphatic heterocycles. The third-order valence-electron chi connectivity index (χ3n) is 5.04. The highest BCUT2D eigenvalue weighted by atomic mass is 32.1. The van der Waals surface area contributed by atoms with Gasteiger partial charge in [0.05, 0.1) is 45.0 Å². The summed E-state index contributed by atoms with van der Waals surface area (Å²) in [6.07, 6.45) is 0.189. The zero-order valence-corrected chi connectivity index (χ0v) is 19.3. The topological polar surface area (TPSA) is 100 Å². The number of nitrogens with two attached hydrogens (primary N) is 1. The molecule has 2 N–H and O–H groups in total. The number of carbonyl (C=O) groups is 2. The molecule has 0 spiro atoms. The highest BCUT2D eigenvalue weighted by Gasteiger charge is 2.30. The smallest absolute Gasteiger partial charge is 0.410 e. The van der Waals surface area contributed by atoms with Crippen molar-refractivity contribution in [2.75, 3.05) is 40.2 Å². The summed E-state index contributed by atoms with van der Waals surface area (Å²) in [5.74, 6) is 1.26. The van der Waals surface area contributed by atoms with Crippen molar-refractivity contribution in [3.05, 3.63) is 33.7 Å². The van der Waals surface area contributed by atoms with Crippen molar-refractivity contribution in [3.8, 4) is 17.2 Å². The van der Waals surface area contributed by atoms with Gasteiger partial charge < -0.3 is 29.6 Å². The largest absolute Gasteiger partial charge is 0.493 e. The Balaban J connectivity index is 1.90. The molecule has 0 unspecified atom stereocenters. The number of benzene rings is 1. The Bertz CT molecular complexity index is 960. The van der Waals surface area contributed by atoms with E-state index in [1.54, 1.807) is 17.0 Å². The molecular weight excluding hydrogens is 420 g/mol. The number of carbonyl (C=O) groups excluding carboxylic acids is 2. The summed E-state index contributed by atoms with van der Waals surface area (Å²) < 4.78 is 21.4. The average Bonchev–Trinajstić information content (AvgIpc) is 3.10. The summed E-state index contributed by atoms with van der Waals surface area (Å²) >= 11 is 1.33. The summed E-state index contributed by atoms with van der Waals surface area (Å²) in [6, 6.07) is 3.23. The lowest BCUT2D eigenvalue weighted by Crippen LogP contribution is -2.36. The molecule has 1 aliphatic rings. The molecule has 0 atom stereocenters. The fourth-order valence-electron chi connectivity index (χ4n) is 3.52. The van der Waals surface area contributed by atoms with Crippen LogP contribution in [0.1, 0.15) is 40.2 Å². The van der Waals surface area contributed by atoms with Crippen LogP contribution in [0.3, 0.4) is 0 Å². The third kappa shape index (κ3) is 4.56. The van der Waals surface area contributed by atoms with E-state index in [2.05, 4.69) is 0 Å². The summed E-state index contributed by atoms with van der Waals surface area (Å²) in [4.78, 5) is 28.3. The number of rotatable bonds is 7. The Morgan fingerprint density at radius 1 is 1.13 bits per heavy atom. The number of hydrogen-bond donors (Lipinski definition) is 1. The molecule has 1 aromatic carbocycles. The van der Waals surface area contributed by atoms with Gasteiger partial charge in [-0.05, 0) is 30.0 Å². The van der Waals surface area contributed by atoms with Gasteiger partial charge in [0.1, 0.15) is 0 Å². The minimum Gasteiger partial charge on any atom is -0.493 e. The molecule has 0 aliphatic carbocycles. The predicted molar refractivity (Wildman–Crippen MR) is 119 cm³/mol. The Labute approximate surface area is 185 Å². The summed E-state index contributed by atoms with van der Waals surface area (Å²) in [5.41, 5.74) is 8.00. The number of amides is 1. The van der Waals surface area contributed by atoms with Gasteiger partial charge in [-0.15, -0.1) is 11.3 Å². The maximum absolute atomic E-state index is 13.4. The van der Waals surface area contributed by atoms with E-state index >= 15 is 0 Å². The summed E-state index contributed by atoms with van der Waals surface area (Å²) in [7, 11) is 4.51. The van der Waals surface area contributed by atoms with E-state index in [0.717, 1.165) is 10.4 Å². The van der Waals surface area contributed by atoms with Crippen LogP contribution in [-0.4, -0.2) is 51.3 Å². The van der Waals surface area contributed by atoms with E-state index < -0.39 is 0 Å². The van der Waals surface area contributed by atoms with Crippen molar-refractivity contribution in [1.82, 2.24) is 4.90 Å². The first-order valence-corrected chi connectivity index (χ1v) is 10.8. The van der Waals surface area contributed by atoms with Crippen LogP contribution in [0, 0.1) is 5.92 Å². The van der Waals surface area contributed by atoms with Crippen molar-refractivity contribution >= 4 is 28.2 Å². The van der Waals surface area contributed by atoms with E-state index in [1.807, 2.05) is 13.8 Å². The Morgan fingerprint density at radius 3 is 2.32 bits per heavy atom. The molecule has 2 aromatic rings. The molecule has 1 amide bonds. The molecule has 9 heteroatoms. The molecule has 31 heavy (non-hydrogen) atoms. The first kappa shape index (κ1) is 22.7. The van der Waals surface area contributed by atoms with Gasteiger partial charge in [0.2, 0.25) is 5.75 Å². The van der Waals surface area contributed by atoms with Gasteiger partial charge in [-0.25, -0.2) is 4.79 Å². The first-order valence-electron chi connectivity index (χ1n) is 9.97. The van der Waals surface area contributed by atoms with Crippen LogP contribution in [-0.2, 0) is 17.7 Å². The van der Waals surface area contributed by atoms with Gasteiger partial charge in [0.25, 0.3) is 0 Å². The fourth-order valence-corrected chi connectivity index (χ4v) is 4.65. The SMILES string of the molecule is COc1cc(C(=O)c2c(N)sc3c2CCN(C(=O)OCC(C)C)C3)cc(OC)c1OC. The van der Waals surface area contributed by atoms with Crippen LogP contribution in [0.25, 0.3) is 0 Å². The third-order valence-corrected chi connectivity index (χ3v) is 6.08. The number of ketones is 1. The number of nitrogen functional groups attached to an aromatic ring is 1. The first-order chi connectivity index (χ1) is 14.8. The van der Waals surface area contributed by atoms with Crippen molar-refractivity contribution in [3.63, 3.8) is 0 Å². The predicted octanol–water partition coefficient (Wildman–Crippen LogP) is 3.74. The highest BCUT2D eigenvalue weighted by molar-refractivity contribution is 7.16. The quantitative estimate of drug-likeness (QED) is 0.644. The van der Waals surface area contributed by atoms with Crippen LogP contribution in [0.2, 0.25) is 0 Å². The molecule has 0 radical (unpaired) electrons. The monoisotopic (exact) mass is 448 g/mol. The number of fused-ring (bicyclic) bond motifs is 1. The Morgan fingerprint density at radius 2 is 1.77 bits per heavy atom. The molecule has 0 bridgehead atoms. The minimum atomic E-state index is -0.344. The van der Waals surface area contributed by atoms with Gasteiger partial charge in [-0.2, -0.15) is 0 Å². The second-order valence-electron chi connectivity index (χ2n) is 7.63. The summed E-state index contributed by atoms with van der Waals surface area (Å²) in [6.45, 7) is 5.20. The average molecular weight is 449 g/mol. The van der Waals surface area contributed by atoms with Crippen molar-refractivity contribution in [2.24, 2.45) is 5.92 Å². The zero-order valence-electron chi connectivity index (χ0n) is 18.4. The molecular formula is C22H28N2O6S. The Hall–Kier alpha value is -2.94. The van der Waals surface area contributed by atoms with Crippen LogP contribution in [0.5, 0.6) is 17.2 Å². The number of thiophene rings is 1. The van der Waals surface area contributed by atoms with Crippen LogP contribution in [0.15, 0.2) is 12.1 Å². The van der Waals surface area contributed by atoms with E-state index in [1.165, 1.54) is 32.7 Å². The molecule has 168 valence electrons. The molecule has 1 aromatic heterocycles. The van der Waals surface area contributed by atoms with Crippen LogP contribution >= 0.6 is 11.3 Å². The number of nitrogens with zero attached hydrogens (tertiary/aromatic N) is 1. The lowest BCUT2D eigenvalue weighted by Gasteiger charge is -2.27. The number of methoxy groups -OCH3 is 3. The van der Waals surface area contributed by atoms with E-state index in [4.69, 9.17) is 24.7 Å². The normalized spacial score (nSPS) is 13.0. The zero-order chi connectivity index (χ0) is 22.7. The maximum Gasteiger partial charge on any atom is 0.410 e. The van der Waals surface area contributed by atoms with Gasteiger partial charge in [-0.3, -0.25) is 4.79 Å². The maximum atomic E-state index is 13.4. The van der Waals surface area contributed by atoms with E-state index in [-0.39, 0.29) is 17.8 Å². The molecule has 8 nitrogen and oxygen atoms in total. The highest BCUT2D eigenvalue weighted by Crippen LogP contribution is 2.41. The van der Waals surface area contributed by atoms with Gasteiger partial charge in [0.15, 0.2) is 17.3 Å². The Kier molecular flexibility index (Phi) is 6.94. The second-order valence-corrected chi connectivity index (χ2v) is 8.77. The minimum absolute atomic E-state index is 0.218. The van der Waals surface area contributed by atoms with Crippen LogP contribution < -0.4 is 19.9 Å². The molecule has 0 saturated heterocycles. The van der Waals surface area contributed by atoms with E-state index in [9.17, 15) is 9.59 Å². The molecule has 3 rings (SSSR count). The fraction of sp³-hybridized carbons (Fsp3) is 0.455. The number of ether oxygens (including phenoxy) is 4. The van der Waals surface area contributed by atoms with Crippen molar-refractivity contribution in [2.45, 2.75) is 26.8 Å². The van der Waals surface area contributed by atoms with Crippen molar-refractivity contribution in [1.29, 1.82) is 0 Å². The molecule has 2 heterocycles. The summed E-state index contributed by atoms with van der Waals surface area (Å²) in [5, 5.41) is 0.432. The molecule has 0 saturated carbocycles. The van der Waals surface area contributed by atoms with Gasteiger partial charge in [-0.1, -0.05) is 13.8 Å². The number of anilines is 1. The lowest BCUT2D eigenvalue weighted by molar-refractivity contribution is 0.0883. The van der Waals surface area contributed by atoms with Gasteiger partial charge >= 0.3 is 6.09 Å². The van der Waals surface area contributed by atoms with Crippen LogP contribution in [0.4, 0.5) is 9.80 Å². The second kappa shape index (κ2) is 9.47. The standard InChI is InChI=1S/C22H28N2O6S/c1-12(2)11-30-22(26)24-7-6-14-17(10-24)31-21(23)18(14)19(25)13-8-15(27-3)20(29-5)16(9-13)28-4/h8-9,12H,6-7,10-11,23H2,1-5H3. The number of hydrogen-bond acceptors (Lipinski definition) is 8. The lowest BCUT2D eigenvalue weighted by atomic mass is 9.96. The van der Waals surface area contributed by atoms with Gasteiger partial charge in [0, 0.05) is 17.0 Å². The molecule has 0 fully saturated rings. The van der Waals surface area contributed by atoms with Crippen molar-refractivity contribution < 1.29 is 28.5 Å².